The summed E-state index contributed by atoms with van der Waals surface area (Å²) < 4.78 is 49.5. The molecule has 0 aliphatic carbocycles. The maximum atomic E-state index is 13.4. The first-order chi connectivity index (χ1) is 19.1. The van der Waals surface area contributed by atoms with Crippen LogP contribution in [0.15, 0.2) is 41.3 Å². The van der Waals surface area contributed by atoms with E-state index in [1.165, 1.54) is 0 Å². The second-order valence-electron chi connectivity index (χ2n) is 10.9. The molecule has 3 aliphatic rings. The van der Waals surface area contributed by atoms with Crippen molar-refractivity contribution in [3.63, 3.8) is 0 Å². The minimum Gasteiger partial charge on any atom is -0.504 e. The number of aryl methyl sites for hydroxylation is 2. The van der Waals surface area contributed by atoms with Gasteiger partial charge >= 0.3 is 10.1 Å². The molecule has 3 atom stereocenters. The van der Waals surface area contributed by atoms with Crippen molar-refractivity contribution >= 4 is 10.1 Å². The first-order valence-electron chi connectivity index (χ1n) is 13.4. The lowest BCUT2D eigenvalue weighted by molar-refractivity contribution is 0.0738. The molecule has 2 N–H and O–H groups in total. The van der Waals surface area contributed by atoms with Gasteiger partial charge < -0.3 is 28.8 Å². The van der Waals surface area contributed by atoms with Gasteiger partial charge in [-0.3, -0.25) is 4.90 Å². The van der Waals surface area contributed by atoms with E-state index in [9.17, 15) is 13.5 Å². The van der Waals surface area contributed by atoms with Crippen molar-refractivity contribution in [2.24, 2.45) is 0 Å². The quantitative estimate of drug-likeness (QED) is 0.429. The van der Waals surface area contributed by atoms with E-state index in [0.29, 0.717) is 34.8 Å². The fourth-order valence-electron chi connectivity index (χ4n) is 6.36. The van der Waals surface area contributed by atoms with Crippen LogP contribution in [0.3, 0.4) is 0 Å². The van der Waals surface area contributed by atoms with E-state index in [2.05, 4.69) is 23.3 Å². The van der Waals surface area contributed by atoms with Crippen molar-refractivity contribution in [1.29, 1.82) is 0 Å². The van der Waals surface area contributed by atoms with Crippen molar-refractivity contribution < 1.29 is 31.9 Å². The lowest BCUT2D eigenvalue weighted by atomic mass is 9.79. The molecule has 10 heteroatoms. The Morgan fingerprint density at radius 2 is 1.85 bits per heavy atom. The molecule has 3 aliphatic heterocycles. The standard InChI is InChI=1S/C30H34N2O7S/c1-16-6-8-22(9-7-16)40(34,35)39-29-18(3)30-24(37-15-38-30)13-20(29)12-23-26-25-19(11-21(14-31-23)32(26)4)10-17(2)28(36-5)27(25)33/h6-10,13,21,23,26,31,33H,11-12,14-15H2,1-5H3/t21-,23-,26-/m0/s1. The molecule has 1 fully saturated rings. The number of fused-ring (bicyclic) bond motifs is 5. The zero-order valence-corrected chi connectivity index (χ0v) is 24.1. The first-order valence-corrected chi connectivity index (χ1v) is 14.8. The molecule has 3 heterocycles. The van der Waals surface area contributed by atoms with E-state index in [0.717, 1.165) is 35.2 Å². The number of hydrogen-bond donors (Lipinski definition) is 2. The molecular formula is C30H34N2O7S. The Labute approximate surface area is 234 Å². The van der Waals surface area contributed by atoms with Gasteiger partial charge in [0.1, 0.15) is 4.90 Å². The summed E-state index contributed by atoms with van der Waals surface area (Å²) >= 11 is 0. The Morgan fingerprint density at radius 3 is 2.58 bits per heavy atom. The normalized spacial score (nSPS) is 21.7. The highest BCUT2D eigenvalue weighted by molar-refractivity contribution is 7.87. The molecule has 0 aromatic heterocycles. The van der Waals surface area contributed by atoms with E-state index in [1.54, 1.807) is 38.3 Å². The molecule has 1 saturated heterocycles. The summed E-state index contributed by atoms with van der Waals surface area (Å²) in [5.41, 5.74) is 5.03. The maximum Gasteiger partial charge on any atom is 0.339 e. The van der Waals surface area contributed by atoms with E-state index < -0.39 is 10.1 Å². The number of phenolic OH excluding ortho intramolecular Hbond substituents is 1. The Morgan fingerprint density at radius 1 is 1.10 bits per heavy atom. The Balaban J connectivity index is 1.42. The van der Waals surface area contributed by atoms with Crippen molar-refractivity contribution in [3.8, 4) is 28.7 Å². The molecule has 0 unspecified atom stereocenters. The third kappa shape index (κ3) is 4.34. The summed E-state index contributed by atoms with van der Waals surface area (Å²) in [4.78, 5) is 2.37. The Bertz CT molecular complexity index is 1590. The van der Waals surface area contributed by atoms with Crippen LogP contribution >= 0.6 is 0 Å². The lowest BCUT2D eigenvalue weighted by Gasteiger charge is -2.50. The SMILES string of the molecule is COc1c(C)cc2c(c1O)[C@@H]1[C@H](Cc3cc4c(c(C)c3OS(=O)(=O)c3ccc(C)cc3)OCO4)NC[C@H](C2)N1C. The third-order valence-corrected chi connectivity index (χ3v) is 9.63. The number of nitrogens with one attached hydrogen (secondary N) is 1. The van der Waals surface area contributed by atoms with Crippen LogP contribution < -0.4 is 23.7 Å². The fourth-order valence-corrected chi connectivity index (χ4v) is 7.38. The maximum absolute atomic E-state index is 13.4. The number of benzene rings is 3. The number of likely N-dealkylation sites (N-methyl/N-ethyl adjacent to an activating group) is 1. The molecule has 6 rings (SSSR count). The van der Waals surface area contributed by atoms with Gasteiger partial charge in [0.05, 0.1) is 13.2 Å². The van der Waals surface area contributed by atoms with Crippen LogP contribution in [-0.2, 0) is 23.0 Å². The highest BCUT2D eigenvalue weighted by atomic mass is 32.2. The van der Waals surface area contributed by atoms with Gasteiger partial charge in [-0.15, -0.1) is 0 Å². The molecular weight excluding hydrogens is 532 g/mol. The summed E-state index contributed by atoms with van der Waals surface area (Å²) in [6.45, 7) is 6.43. The molecule has 0 radical (unpaired) electrons. The fraction of sp³-hybridized carbons (Fsp3) is 0.400. The molecule has 3 aromatic rings. The van der Waals surface area contributed by atoms with Gasteiger partial charge in [0, 0.05) is 35.3 Å². The number of phenols is 1. The van der Waals surface area contributed by atoms with Crippen molar-refractivity contribution in [2.75, 3.05) is 27.5 Å². The topological polar surface area (TPSA) is 107 Å². The summed E-state index contributed by atoms with van der Waals surface area (Å²) in [7, 11) is -0.479. The van der Waals surface area contributed by atoms with E-state index in [1.807, 2.05) is 19.9 Å². The number of piperazine rings is 1. The van der Waals surface area contributed by atoms with Gasteiger partial charge in [0.2, 0.25) is 6.79 Å². The number of aromatic hydroxyl groups is 1. The average Bonchev–Trinajstić information content (AvgIpc) is 3.37. The van der Waals surface area contributed by atoms with E-state index in [4.69, 9.17) is 18.4 Å². The predicted molar refractivity (Wildman–Crippen MR) is 149 cm³/mol. The summed E-state index contributed by atoms with van der Waals surface area (Å²) in [5, 5.41) is 15.0. The van der Waals surface area contributed by atoms with Gasteiger partial charge in [-0.05, 0) is 70.0 Å². The van der Waals surface area contributed by atoms with Crippen LogP contribution in [0.1, 0.15) is 39.4 Å². The molecule has 0 spiro atoms. The molecule has 2 bridgehead atoms. The van der Waals surface area contributed by atoms with Gasteiger partial charge in [0.15, 0.2) is 28.7 Å². The lowest BCUT2D eigenvalue weighted by Crippen LogP contribution is -2.60. The minimum atomic E-state index is -4.11. The van der Waals surface area contributed by atoms with Crippen molar-refractivity contribution in [3.05, 3.63) is 69.8 Å². The van der Waals surface area contributed by atoms with E-state index >= 15 is 0 Å². The monoisotopic (exact) mass is 566 g/mol. The van der Waals surface area contributed by atoms with Crippen molar-refractivity contribution in [1.82, 2.24) is 10.2 Å². The Hall–Kier alpha value is -3.47. The largest absolute Gasteiger partial charge is 0.504 e. The minimum absolute atomic E-state index is 0.0545. The average molecular weight is 567 g/mol. The van der Waals surface area contributed by atoms with Crippen LogP contribution in [0, 0.1) is 20.8 Å². The number of rotatable bonds is 6. The number of methoxy groups -OCH3 is 1. The molecule has 3 aromatic carbocycles. The third-order valence-electron chi connectivity index (χ3n) is 8.39. The van der Waals surface area contributed by atoms with Crippen LogP contribution in [0.4, 0.5) is 0 Å². The highest BCUT2D eigenvalue weighted by Gasteiger charge is 2.43. The molecule has 212 valence electrons. The first kappa shape index (κ1) is 26.7. The molecule has 0 saturated carbocycles. The summed E-state index contributed by atoms with van der Waals surface area (Å²) in [6.07, 6.45) is 1.24. The van der Waals surface area contributed by atoms with Gasteiger partial charge in [-0.1, -0.05) is 23.8 Å². The van der Waals surface area contributed by atoms with E-state index in [-0.39, 0.29) is 41.3 Å². The van der Waals surface area contributed by atoms with Gasteiger partial charge in [-0.2, -0.15) is 8.42 Å². The highest BCUT2D eigenvalue weighted by Crippen LogP contribution is 2.49. The molecule has 0 amide bonds. The zero-order valence-electron chi connectivity index (χ0n) is 23.3. The van der Waals surface area contributed by atoms with Gasteiger partial charge in [-0.25, -0.2) is 0 Å². The van der Waals surface area contributed by atoms with Crippen molar-refractivity contribution in [2.45, 2.75) is 56.6 Å². The second-order valence-corrected chi connectivity index (χ2v) is 12.5. The molecule has 9 nitrogen and oxygen atoms in total. The number of nitrogens with zero attached hydrogens (tertiary/aromatic N) is 1. The van der Waals surface area contributed by atoms with Crippen LogP contribution in [0.25, 0.3) is 0 Å². The smallest absolute Gasteiger partial charge is 0.339 e. The van der Waals surface area contributed by atoms with Crippen LogP contribution in [0.5, 0.6) is 28.7 Å². The van der Waals surface area contributed by atoms with Crippen LogP contribution in [0.2, 0.25) is 0 Å². The van der Waals surface area contributed by atoms with Gasteiger partial charge in [0.25, 0.3) is 0 Å². The Kier molecular flexibility index (Phi) is 6.59. The van der Waals surface area contributed by atoms with Crippen LogP contribution in [-0.4, -0.2) is 58.0 Å². The predicted octanol–water partition coefficient (Wildman–Crippen LogP) is 3.93. The summed E-state index contributed by atoms with van der Waals surface area (Å²) in [5.74, 6) is 1.90. The number of ether oxygens (including phenoxy) is 3. The molecule has 40 heavy (non-hydrogen) atoms. The summed E-state index contributed by atoms with van der Waals surface area (Å²) in [6, 6.07) is 10.4. The zero-order chi connectivity index (χ0) is 28.3. The number of hydrogen-bond acceptors (Lipinski definition) is 9. The second kappa shape index (κ2) is 9.87.